The summed E-state index contributed by atoms with van der Waals surface area (Å²) in [6.07, 6.45) is 0.554. The fourth-order valence-electron chi connectivity index (χ4n) is 2.65. The van der Waals surface area contributed by atoms with E-state index >= 15 is 0 Å². The number of carbonyl (C=O) groups excluding carboxylic acids is 1. The minimum Gasteiger partial charge on any atom is -0.481 e. The quantitative estimate of drug-likeness (QED) is 0.925. The molecule has 0 aliphatic carbocycles. The Kier molecular flexibility index (Phi) is 4.24. The van der Waals surface area contributed by atoms with Crippen molar-refractivity contribution in [1.29, 1.82) is 0 Å². The van der Waals surface area contributed by atoms with E-state index in [-0.39, 0.29) is 23.7 Å². The molecule has 5 heteroatoms. The largest absolute Gasteiger partial charge is 0.481 e. The van der Waals surface area contributed by atoms with E-state index in [9.17, 15) is 9.59 Å². The summed E-state index contributed by atoms with van der Waals surface area (Å²) in [4.78, 5) is 25.3. The van der Waals surface area contributed by atoms with Crippen LogP contribution in [0.5, 0.6) is 0 Å². The predicted molar refractivity (Wildman–Crippen MR) is 74.2 cm³/mol. The first-order valence-corrected chi connectivity index (χ1v) is 7.48. The minimum absolute atomic E-state index is 0.0184. The second-order valence-corrected chi connectivity index (χ2v) is 6.05. The number of likely N-dealkylation sites (tertiary alicyclic amines) is 1. The first kappa shape index (κ1) is 14.1. The summed E-state index contributed by atoms with van der Waals surface area (Å²) < 4.78 is 0. The van der Waals surface area contributed by atoms with Crippen LogP contribution in [0.25, 0.3) is 0 Å². The Hall–Kier alpha value is -1.36. The number of hydrogen-bond donors (Lipinski definition) is 1. The molecule has 2 heterocycles. The average molecular weight is 281 g/mol. The lowest BCUT2D eigenvalue weighted by Crippen LogP contribution is -2.46. The van der Waals surface area contributed by atoms with Gasteiger partial charge in [-0.2, -0.15) is 11.3 Å². The number of carbonyl (C=O) groups is 2. The van der Waals surface area contributed by atoms with E-state index in [4.69, 9.17) is 5.11 Å². The molecule has 1 amide bonds. The monoisotopic (exact) mass is 281 g/mol. The first-order chi connectivity index (χ1) is 9.00. The summed E-state index contributed by atoms with van der Waals surface area (Å²) in [6, 6.07) is 1.97. The number of amides is 1. The van der Waals surface area contributed by atoms with Gasteiger partial charge in [0.2, 0.25) is 5.91 Å². The molecule has 1 aliphatic rings. The molecule has 3 atom stereocenters. The van der Waals surface area contributed by atoms with Gasteiger partial charge in [-0.25, -0.2) is 0 Å². The Morgan fingerprint density at radius 3 is 2.79 bits per heavy atom. The van der Waals surface area contributed by atoms with Crippen LogP contribution in [0.3, 0.4) is 0 Å². The van der Waals surface area contributed by atoms with E-state index in [1.807, 2.05) is 35.6 Å². The number of carboxylic acid groups (broad SMARTS) is 1. The van der Waals surface area contributed by atoms with Crippen molar-refractivity contribution in [2.75, 3.05) is 13.1 Å². The molecular weight excluding hydrogens is 262 g/mol. The number of hydrogen-bond acceptors (Lipinski definition) is 3. The van der Waals surface area contributed by atoms with Crippen molar-refractivity contribution in [2.45, 2.75) is 26.2 Å². The smallest absolute Gasteiger partial charge is 0.306 e. The van der Waals surface area contributed by atoms with Gasteiger partial charge in [-0.05, 0) is 41.7 Å². The molecule has 0 bridgehead atoms. The van der Waals surface area contributed by atoms with Gasteiger partial charge >= 0.3 is 5.97 Å². The van der Waals surface area contributed by atoms with Gasteiger partial charge in [-0.15, -0.1) is 0 Å². The number of rotatable bonds is 3. The topological polar surface area (TPSA) is 57.6 Å². The van der Waals surface area contributed by atoms with Crippen molar-refractivity contribution in [2.24, 2.45) is 11.8 Å². The third-order valence-corrected chi connectivity index (χ3v) is 4.65. The fraction of sp³-hybridized carbons (Fsp3) is 0.571. The maximum Gasteiger partial charge on any atom is 0.306 e. The lowest BCUT2D eigenvalue weighted by atomic mass is 9.86. The lowest BCUT2D eigenvalue weighted by Gasteiger charge is -2.36. The van der Waals surface area contributed by atoms with Gasteiger partial charge in [0.1, 0.15) is 0 Å². The number of piperidine rings is 1. The van der Waals surface area contributed by atoms with Crippen molar-refractivity contribution in [3.63, 3.8) is 0 Å². The van der Waals surface area contributed by atoms with Gasteiger partial charge in [0, 0.05) is 13.1 Å². The molecule has 2 rings (SSSR count). The molecule has 1 fully saturated rings. The molecule has 0 saturated carbocycles. The molecule has 0 radical (unpaired) electrons. The fourth-order valence-corrected chi connectivity index (χ4v) is 3.40. The van der Waals surface area contributed by atoms with Crippen molar-refractivity contribution in [3.8, 4) is 0 Å². The van der Waals surface area contributed by atoms with Crippen LogP contribution in [0, 0.1) is 11.8 Å². The summed E-state index contributed by atoms with van der Waals surface area (Å²) in [5.41, 5.74) is 1.04. The van der Waals surface area contributed by atoms with E-state index in [2.05, 4.69) is 0 Å². The summed E-state index contributed by atoms with van der Waals surface area (Å²) in [5.74, 6) is -1.08. The second-order valence-electron chi connectivity index (χ2n) is 5.27. The molecule has 1 N–H and O–H groups in total. The average Bonchev–Trinajstić information content (AvgIpc) is 2.90. The highest BCUT2D eigenvalue weighted by molar-refractivity contribution is 7.08. The van der Waals surface area contributed by atoms with Crippen molar-refractivity contribution < 1.29 is 14.7 Å². The summed E-state index contributed by atoms with van der Waals surface area (Å²) in [5, 5.41) is 13.1. The van der Waals surface area contributed by atoms with E-state index in [1.165, 1.54) is 0 Å². The van der Waals surface area contributed by atoms with Crippen molar-refractivity contribution in [3.05, 3.63) is 22.4 Å². The number of carboxylic acids is 1. The van der Waals surface area contributed by atoms with Crippen LogP contribution < -0.4 is 0 Å². The van der Waals surface area contributed by atoms with E-state index < -0.39 is 5.97 Å². The zero-order valence-corrected chi connectivity index (χ0v) is 12.0. The van der Waals surface area contributed by atoms with Crippen LogP contribution in [0.1, 0.15) is 31.7 Å². The molecule has 1 saturated heterocycles. The molecule has 19 heavy (non-hydrogen) atoms. The third-order valence-electron chi connectivity index (χ3n) is 3.95. The molecule has 4 nitrogen and oxygen atoms in total. The van der Waals surface area contributed by atoms with Crippen LogP contribution in [0.15, 0.2) is 16.8 Å². The highest BCUT2D eigenvalue weighted by Crippen LogP contribution is 2.27. The maximum absolute atomic E-state index is 12.4. The number of thiophene rings is 1. The molecule has 1 aliphatic heterocycles. The zero-order chi connectivity index (χ0) is 14.0. The van der Waals surface area contributed by atoms with Gasteiger partial charge in [-0.3, -0.25) is 9.59 Å². The van der Waals surface area contributed by atoms with Crippen molar-refractivity contribution in [1.82, 2.24) is 4.90 Å². The molecule has 104 valence electrons. The highest BCUT2D eigenvalue weighted by Gasteiger charge is 2.34. The molecule has 0 spiro atoms. The number of nitrogens with zero attached hydrogens (tertiary/aromatic N) is 1. The summed E-state index contributed by atoms with van der Waals surface area (Å²) in [6.45, 7) is 4.92. The SMILES string of the molecule is CC(C(=O)N1CCC(C(=O)O)C(C)C1)c1ccsc1. The van der Waals surface area contributed by atoms with Gasteiger partial charge in [0.25, 0.3) is 0 Å². The van der Waals surface area contributed by atoms with Gasteiger partial charge in [0.15, 0.2) is 0 Å². The Morgan fingerprint density at radius 1 is 1.53 bits per heavy atom. The summed E-state index contributed by atoms with van der Waals surface area (Å²) in [7, 11) is 0. The molecular formula is C14H19NO3S. The molecule has 1 aromatic heterocycles. The lowest BCUT2D eigenvalue weighted by molar-refractivity contribution is -0.148. The number of aliphatic carboxylic acids is 1. The van der Waals surface area contributed by atoms with E-state index in [1.54, 1.807) is 11.3 Å². The molecule has 3 unspecified atom stereocenters. The standard InChI is InChI=1S/C14H19NO3S/c1-9-7-15(5-3-12(9)14(17)18)13(16)10(2)11-4-6-19-8-11/h4,6,8-10,12H,3,5,7H2,1-2H3,(H,17,18). The van der Waals surface area contributed by atoms with E-state index in [0.717, 1.165) is 5.56 Å². The minimum atomic E-state index is -0.745. The third kappa shape index (κ3) is 2.97. The Balaban J connectivity index is 2.00. The molecule has 0 aromatic carbocycles. The first-order valence-electron chi connectivity index (χ1n) is 6.54. The molecule has 1 aromatic rings. The van der Waals surface area contributed by atoms with E-state index in [0.29, 0.717) is 19.5 Å². The second kappa shape index (κ2) is 5.74. The van der Waals surface area contributed by atoms with Gasteiger partial charge < -0.3 is 10.0 Å². The Labute approximate surface area is 117 Å². The maximum atomic E-state index is 12.4. The highest BCUT2D eigenvalue weighted by atomic mass is 32.1. The van der Waals surface area contributed by atoms with Crippen molar-refractivity contribution >= 4 is 23.2 Å². The summed E-state index contributed by atoms with van der Waals surface area (Å²) >= 11 is 1.59. The Morgan fingerprint density at radius 2 is 2.26 bits per heavy atom. The van der Waals surface area contributed by atoms with Crippen LogP contribution >= 0.6 is 11.3 Å². The normalized spacial score (nSPS) is 25.1. The van der Waals surface area contributed by atoms with Crippen LogP contribution in [-0.4, -0.2) is 35.0 Å². The van der Waals surface area contributed by atoms with Gasteiger partial charge in [0.05, 0.1) is 11.8 Å². The Bertz CT molecular complexity index is 457. The van der Waals surface area contributed by atoms with Crippen LogP contribution in [0.4, 0.5) is 0 Å². The van der Waals surface area contributed by atoms with Crippen LogP contribution in [0.2, 0.25) is 0 Å². The van der Waals surface area contributed by atoms with Gasteiger partial charge in [-0.1, -0.05) is 6.92 Å². The van der Waals surface area contributed by atoms with Crippen LogP contribution in [-0.2, 0) is 9.59 Å². The zero-order valence-electron chi connectivity index (χ0n) is 11.2. The predicted octanol–water partition coefficient (Wildman–Crippen LogP) is 2.42.